The maximum absolute atomic E-state index is 6.43. The highest BCUT2D eigenvalue weighted by atomic mass is 35.5. The molecule has 1 unspecified atom stereocenters. The Morgan fingerprint density at radius 2 is 2.16 bits per heavy atom. The summed E-state index contributed by atoms with van der Waals surface area (Å²) in [7, 11) is 1.75. The van der Waals surface area contributed by atoms with Gasteiger partial charge in [0.05, 0.1) is 11.6 Å². The van der Waals surface area contributed by atoms with Gasteiger partial charge in [0.1, 0.15) is 0 Å². The summed E-state index contributed by atoms with van der Waals surface area (Å²) in [6.45, 7) is 3.75. The number of fused-ring (bicyclic) bond motifs is 1. The average molecular weight is 298 g/mol. The molecule has 0 aliphatic carbocycles. The summed E-state index contributed by atoms with van der Waals surface area (Å²) in [4.78, 5) is 1.21. The fourth-order valence-electron chi connectivity index (χ4n) is 2.21. The molecule has 0 bridgehead atoms. The second-order valence-corrected chi connectivity index (χ2v) is 6.17. The van der Waals surface area contributed by atoms with Crippen molar-refractivity contribution in [2.45, 2.75) is 32.4 Å². The third-order valence-electron chi connectivity index (χ3n) is 3.16. The zero-order chi connectivity index (χ0) is 13.7. The summed E-state index contributed by atoms with van der Waals surface area (Å²) in [5.41, 5.74) is 0. The van der Waals surface area contributed by atoms with Gasteiger partial charge < -0.3 is 10.1 Å². The van der Waals surface area contributed by atoms with Crippen molar-refractivity contribution in [3.05, 3.63) is 34.2 Å². The number of thiophene rings is 1. The second kappa shape index (κ2) is 7.25. The van der Waals surface area contributed by atoms with Crippen molar-refractivity contribution in [1.29, 1.82) is 0 Å². The molecule has 1 aromatic heterocycles. The van der Waals surface area contributed by atoms with Gasteiger partial charge in [0, 0.05) is 34.7 Å². The molecule has 2 aromatic rings. The molecule has 4 heteroatoms. The fourth-order valence-corrected chi connectivity index (χ4v) is 3.66. The van der Waals surface area contributed by atoms with E-state index < -0.39 is 0 Å². The van der Waals surface area contributed by atoms with Crippen molar-refractivity contribution in [2.24, 2.45) is 0 Å². The normalized spacial score (nSPS) is 13.0. The van der Waals surface area contributed by atoms with Crippen LogP contribution < -0.4 is 5.32 Å². The maximum Gasteiger partial charge on any atom is 0.0636 e. The Labute approximate surface area is 123 Å². The predicted octanol–water partition coefficient (Wildman–Crippen LogP) is 4.46. The molecule has 2 nitrogen and oxygen atoms in total. The number of nitrogens with one attached hydrogen (secondary N) is 1. The largest absolute Gasteiger partial charge is 0.383 e. The molecule has 0 radical (unpaired) electrons. The molecule has 2 rings (SSSR count). The predicted molar refractivity (Wildman–Crippen MR) is 84.2 cm³/mol. The second-order valence-electron chi connectivity index (χ2n) is 4.66. The van der Waals surface area contributed by atoms with Gasteiger partial charge in [-0.3, -0.25) is 0 Å². The lowest BCUT2D eigenvalue weighted by Gasteiger charge is -2.16. The first-order chi connectivity index (χ1) is 9.26. The zero-order valence-electron chi connectivity index (χ0n) is 11.4. The molecule has 1 aromatic carbocycles. The van der Waals surface area contributed by atoms with Crippen LogP contribution in [0.1, 0.15) is 24.6 Å². The van der Waals surface area contributed by atoms with Gasteiger partial charge in [-0.1, -0.05) is 43.1 Å². The van der Waals surface area contributed by atoms with Crippen LogP contribution in [0, 0.1) is 0 Å². The Balaban J connectivity index is 2.06. The minimum Gasteiger partial charge on any atom is -0.383 e. The quantitative estimate of drug-likeness (QED) is 0.815. The number of rotatable bonds is 7. The molecular formula is C15H20ClNOS. The van der Waals surface area contributed by atoms with Gasteiger partial charge in [-0.05, 0) is 12.5 Å². The Kier molecular flexibility index (Phi) is 5.64. The molecule has 0 aliphatic heterocycles. The lowest BCUT2D eigenvalue weighted by molar-refractivity contribution is 0.161. The molecule has 104 valence electrons. The number of methoxy groups -OCH3 is 1. The van der Waals surface area contributed by atoms with E-state index in [1.165, 1.54) is 9.58 Å². The molecule has 0 aliphatic rings. The summed E-state index contributed by atoms with van der Waals surface area (Å²) in [5.74, 6) is 0. The average Bonchev–Trinajstić information content (AvgIpc) is 2.74. The van der Waals surface area contributed by atoms with Crippen molar-refractivity contribution in [1.82, 2.24) is 5.32 Å². The lowest BCUT2D eigenvalue weighted by atomic mass is 10.2. The first-order valence-corrected chi connectivity index (χ1v) is 7.84. The maximum atomic E-state index is 6.43. The smallest absolute Gasteiger partial charge is 0.0636 e. The van der Waals surface area contributed by atoms with Gasteiger partial charge in [0.15, 0.2) is 0 Å². The zero-order valence-corrected chi connectivity index (χ0v) is 13.0. The monoisotopic (exact) mass is 297 g/mol. The van der Waals surface area contributed by atoms with Crippen molar-refractivity contribution < 1.29 is 4.74 Å². The highest BCUT2D eigenvalue weighted by Crippen LogP contribution is 2.35. The van der Waals surface area contributed by atoms with Crippen LogP contribution in [0.5, 0.6) is 0 Å². The Morgan fingerprint density at radius 3 is 2.84 bits per heavy atom. The molecule has 0 amide bonds. The van der Waals surface area contributed by atoms with Crippen LogP contribution in [-0.4, -0.2) is 19.8 Å². The van der Waals surface area contributed by atoms with Crippen LogP contribution >= 0.6 is 22.9 Å². The molecule has 1 N–H and O–H groups in total. The molecule has 0 spiro atoms. The minimum atomic E-state index is 0.399. The minimum absolute atomic E-state index is 0.399. The van der Waals surface area contributed by atoms with E-state index in [4.69, 9.17) is 16.3 Å². The molecule has 19 heavy (non-hydrogen) atoms. The van der Waals surface area contributed by atoms with E-state index in [1.54, 1.807) is 18.4 Å². The van der Waals surface area contributed by atoms with Crippen LogP contribution in [0.3, 0.4) is 0 Å². The van der Waals surface area contributed by atoms with Crippen molar-refractivity contribution >= 4 is 33.0 Å². The van der Waals surface area contributed by atoms with Gasteiger partial charge >= 0.3 is 0 Å². The van der Waals surface area contributed by atoms with E-state index in [2.05, 4.69) is 30.4 Å². The number of hydrogen-bond acceptors (Lipinski definition) is 3. The first kappa shape index (κ1) is 14.8. The third-order valence-corrected chi connectivity index (χ3v) is 4.87. The highest BCUT2D eigenvalue weighted by Gasteiger charge is 2.12. The van der Waals surface area contributed by atoms with Crippen molar-refractivity contribution in [3.63, 3.8) is 0 Å². The first-order valence-electron chi connectivity index (χ1n) is 6.64. The van der Waals surface area contributed by atoms with Crippen molar-refractivity contribution in [2.75, 3.05) is 13.7 Å². The highest BCUT2D eigenvalue weighted by molar-refractivity contribution is 7.19. The Morgan fingerprint density at radius 1 is 1.37 bits per heavy atom. The van der Waals surface area contributed by atoms with E-state index in [0.29, 0.717) is 6.04 Å². The molecular weight excluding hydrogens is 278 g/mol. The molecule has 1 atom stereocenters. The van der Waals surface area contributed by atoms with E-state index in [9.17, 15) is 0 Å². The van der Waals surface area contributed by atoms with Crippen LogP contribution in [0.2, 0.25) is 5.02 Å². The number of halogens is 1. The van der Waals surface area contributed by atoms with E-state index in [1.807, 2.05) is 6.07 Å². The third kappa shape index (κ3) is 3.69. The molecule has 0 saturated carbocycles. The number of benzene rings is 1. The van der Waals surface area contributed by atoms with Crippen LogP contribution in [0.4, 0.5) is 0 Å². The fraction of sp³-hybridized carbons (Fsp3) is 0.467. The van der Waals surface area contributed by atoms with E-state index in [-0.39, 0.29) is 0 Å². The summed E-state index contributed by atoms with van der Waals surface area (Å²) in [6, 6.07) is 8.68. The van der Waals surface area contributed by atoms with Crippen LogP contribution in [0.15, 0.2) is 24.3 Å². The Bertz CT molecular complexity index is 520. The van der Waals surface area contributed by atoms with Gasteiger partial charge in [-0.15, -0.1) is 11.3 Å². The van der Waals surface area contributed by atoms with Gasteiger partial charge in [-0.25, -0.2) is 0 Å². The lowest BCUT2D eigenvalue weighted by Crippen LogP contribution is -2.32. The SMILES string of the molecule is CCCC(COC)NCc1sc2ccccc2c1Cl. The summed E-state index contributed by atoms with van der Waals surface area (Å²) < 4.78 is 6.49. The number of hydrogen-bond donors (Lipinski definition) is 1. The van der Waals surface area contributed by atoms with E-state index in [0.717, 1.165) is 36.4 Å². The van der Waals surface area contributed by atoms with E-state index >= 15 is 0 Å². The Hall–Kier alpha value is -0.610. The molecule has 1 heterocycles. The van der Waals surface area contributed by atoms with Gasteiger partial charge in [-0.2, -0.15) is 0 Å². The summed E-state index contributed by atoms with van der Waals surface area (Å²) in [5, 5.41) is 5.59. The topological polar surface area (TPSA) is 21.3 Å². The number of ether oxygens (including phenoxy) is 1. The standard InChI is InChI=1S/C15H20ClNOS/c1-3-6-11(10-18-2)17-9-14-15(16)12-7-4-5-8-13(12)19-14/h4-5,7-8,11,17H,3,6,9-10H2,1-2H3. The van der Waals surface area contributed by atoms with Gasteiger partial charge in [0.25, 0.3) is 0 Å². The van der Waals surface area contributed by atoms with Gasteiger partial charge in [0.2, 0.25) is 0 Å². The summed E-state index contributed by atoms with van der Waals surface area (Å²) >= 11 is 8.20. The molecule has 0 fully saturated rings. The van der Waals surface area contributed by atoms with Crippen molar-refractivity contribution in [3.8, 4) is 0 Å². The molecule has 0 saturated heterocycles. The summed E-state index contributed by atoms with van der Waals surface area (Å²) in [6.07, 6.45) is 2.28. The van der Waals surface area contributed by atoms with Crippen LogP contribution in [-0.2, 0) is 11.3 Å². The van der Waals surface area contributed by atoms with Crippen LogP contribution in [0.25, 0.3) is 10.1 Å².